The molecule has 0 aliphatic carbocycles. The van der Waals surface area contributed by atoms with Crippen molar-refractivity contribution in [3.63, 3.8) is 0 Å². The lowest BCUT2D eigenvalue weighted by Crippen LogP contribution is -2.30. The highest BCUT2D eigenvalue weighted by molar-refractivity contribution is 7.47. The standard InChI is InChI=1S/C82H160O17P2/c1-9-75(8)61-53-45-37-28-24-20-16-12-10-11-13-17-21-25-29-38-46-54-62-79(84)92-68-77(98-81(86)64-56-48-39-30-26-22-18-14-15-19-23-27-34-42-50-58-72(2)3)70-96-100(88,89)94-66-76(83)67-95-101(90,91)97-71-78(69-93-80(85)63-55-47-41-33-36-44-52-60-74(6)7)99-82(87)65-57-49-40-32-31-35-43-51-59-73(4)5/h72-78,83H,9-71H2,1-8H3,(H,88,89)(H,90,91)/t75?,76?,77-,78-/m1/s1. The second-order valence-electron chi connectivity index (χ2n) is 31.2. The summed E-state index contributed by atoms with van der Waals surface area (Å²) in [7, 11) is -9.92. The number of phosphoric ester groups is 2. The molecule has 600 valence electrons. The number of ether oxygens (including phenoxy) is 4. The first-order valence-corrected chi connectivity index (χ1v) is 45.2. The molecule has 0 saturated heterocycles. The van der Waals surface area contributed by atoms with Gasteiger partial charge in [-0.15, -0.1) is 0 Å². The van der Waals surface area contributed by atoms with Gasteiger partial charge in [0.15, 0.2) is 12.2 Å². The molecule has 3 N–H and O–H groups in total. The molecule has 0 aliphatic rings. The largest absolute Gasteiger partial charge is 0.472 e. The van der Waals surface area contributed by atoms with Crippen molar-refractivity contribution in [1.82, 2.24) is 0 Å². The van der Waals surface area contributed by atoms with Crippen LogP contribution in [0.1, 0.15) is 421 Å². The van der Waals surface area contributed by atoms with Gasteiger partial charge in [0.25, 0.3) is 0 Å². The smallest absolute Gasteiger partial charge is 0.462 e. The number of aliphatic hydroxyl groups is 1. The van der Waals surface area contributed by atoms with Gasteiger partial charge < -0.3 is 33.8 Å². The highest BCUT2D eigenvalue weighted by atomic mass is 31.2. The van der Waals surface area contributed by atoms with Crippen molar-refractivity contribution in [1.29, 1.82) is 0 Å². The van der Waals surface area contributed by atoms with Crippen LogP contribution in [0.15, 0.2) is 0 Å². The lowest BCUT2D eigenvalue weighted by molar-refractivity contribution is -0.161. The summed E-state index contributed by atoms with van der Waals surface area (Å²) in [6, 6.07) is 0. The number of carbonyl (C=O) groups is 4. The minimum absolute atomic E-state index is 0.104. The van der Waals surface area contributed by atoms with E-state index in [1.165, 1.54) is 218 Å². The van der Waals surface area contributed by atoms with Crippen LogP contribution < -0.4 is 0 Å². The van der Waals surface area contributed by atoms with Gasteiger partial charge in [0.05, 0.1) is 26.4 Å². The van der Waals surface area contributed by atoms with Gasteiger partial charge in [0.1, 0.15) is 19.3 Å². The fourth-order valence-corrected chi connectivity index (χ4v) is 14.2. The zero-order valence-electron chi connectivity index (χ0n) is 66.5. The minimum Gasteiger partial charge on any atom is -0.462 e. The molecule has 19 heteroatoms. The number of unbranched alkanes of at least 4 members (excludes halogenated alkanes) is 44. The molecule has 0 radical (unpaired) electrons. The van der Waals surface area contributed by atoms with Crippen molar-refractivity contribution in [3.8, 4) is 0 Å². The van der Waals surface area contributed by atoms with Gasteiger partial charge in [0.2, 0.25) is 0 Å². The van der Waals surface area contributed by atoms with E-state index in [1.54, 1.807) is 0 Å². The first-order chi connectivity index (χ1) is 48.6. The maximum atomic E-state index is 13.1. The molecule has 0 aliphatic heterocycles. The molecule has 0 amide bonds. The molecule has 0 rings (SSSR count). The van der Waals surface area contributed by atoms with E-state index in [0.717, 1.165) is 114 Å². The van der Waals surface area contributed by atoms with E-state index in [9.17, 15) is 43.2 Å². The highest BCUT2D eigenvalue weighted by Gasteiger charge is 2.30. The SMILES string of the molecule is CCC(C)CCCCCCCCCCCCCCCCCCCCC(=O)OC[C@H](COP(=O)(O)OCC(O)COP(=O)(O)OC[C@@H](COC(=O)CCCCCCCCCC(C)C)OC(=O)CCCCCCCCCCC(C)C)OC(=O)CCCCCCCCCCCCCCCCCC(C)C. The highest BCUT2D eigenvalue weighted by Crippen LogP contribution is 2.45. The van der Waals surface area contributed by atoms with Crippen LogP contribution in [-0.2, 0) is 65.4 Å². The molecule has 6 atom stereocenters. The van der Waals surface area contributed by atoms with Crippen LogP contribution in [-0.4, -0.2) is 96.7 Å². The summed E-state index contributed by atoms with van der Waals surface area (Å²) in [6.07, 6.45) is 58.5. The van der Waals surface area contributed by atoms with E-state index >= 15 is 0 Å². The predicted molar refractivity (Wildman–Crippen MR) is 414 cm³/mol. The Hall–Kier alpha value is -1.94. The summed E-state index contributed by atoms with van der Waals surface area (Å²) in [6.45, 7) is 14.2. The third-order valence-electron chi connectivity index (χ3n) is 19.4. The van der Waals surface area contributed by atoms with Gasteiger partial charge in [-0.25, -0.2) is 9.13 Å². The maximum absolute atomic E-state index is 13.1. The molecule has 0 aromatic carbocycles. The van der Waals surface area contributed by atoms with Crippen molar-refractivity contribution in [2.24, 2.45) is 23.7 Å². The Kier molecular flexibility index (Phi) is 69.6. The summed E-state index contributed by atoms with van der Waals surface area (Å²) in [5.74, 6) is 0.983. The number of phosphoric acid groups is 2. The van der Waals surface area contributed by atoms with Crippen molar-refractivity contribution in [2.75, 3.05) is 39.6 Å². The van der Waals surface area contributed by atoms with E-state index in [1.807, 2.05) is 0 Å². The maximum Gasteiger partial charge on any atom is 0.472 e. The van der Waals surface area contributed by atoms with E-state index in [2.05, 4.69) is 55.4 Å². The molecule has 17 nitrogen and oxygen atoms in total. The Morgan fingerprint density at radius 1 is 0.277 bits per heavy atom. The minimum atomic E-state index is -4.96. The van der Waals surface area contributed by atoms with Crippen LogP contribution in [0.25, 0.3) is 0 Å². The Labute approximate surface area is 619 Å². The molecule has 4 unspecified atom stereocenters. The predicted octanol–water partition coefficient (Wildman–Crippen LogP) is 24.4. The molecule has 0 aromatic heterocycles. The van der Waals surface area contributed by atoms with Crippen LogP contribution in [0.3, 0.4) is 0 Å². The van der Waals surface area contributed by atoms with E-state index in [4.69, 9.17) is 37.0 Å². The molecule has 0 aromatic rings. The van der Waals surface area contributed by atoms with Crippen LogP contribution >= 0.6 is 15.6 Å². The van der Waals surface area contributed by atoms with Gasteiger partial charge in [-0.05, 0) is 49.4 Å². The Balaban J connectivity index is 5.19. The van der Waals surface area contributed by atoms with Crippen molar-refractivity contribution < 1.29 is 80.2 Å². The first-order valence-electron chi connectivity index (χ1n) is 42.2. The molecule has 0 spiro atoms. The fraction of sp³-hybridized carbons (Fsp3) is 0.951. The quantitative estimate of drug-likeness (QED) is 0.0222. The topological polar surface area (TPSA) is 237 Å². The molecule has 0 saturated carbocycles. The van der Waals surface area contributed by atoms with Gasteiger partial charge in [0, 0.05) is 25.7 Å². The number of hydrogen-bond donors (Lipinski definition) is 3. The monoisotopic (exact) mass is 1480 g/mol. The van der Waals surface area contributed by atoms with Crippen LogP contribution in [0.2, 0.25) is 0 Å². The summed E-state index contributed by atoms with van der Waals surface area (Å²) in [5.41, 5.74) is 0. The van der Waals surface area contributed by atoms with Crippen molar-refractivity contribution in [2.45, 2.75) is 440 Å². The number of hydrogen-bond acceptors (Lipinski definition) is 15. The summed E-state index contributed by atoms with van der Waals surface area (Å²) < 4.78 is 68.7. The fourth-order valence-electron chi connectivity index (χ4n) is 12.6. The lowest BCUT2D eigenvalue weighted by Gasteiger charge is -2.21. The lowest BCUT2D eigenvalue weighted by atomic mass is 9.99. The van der Waals surface area contributed by atoms with Crippen LogP contribution in [0.5, 0.6) is 0 Å². The van der Waals surface area contributed by atoms with Crippen molar-refractivity contribution >= 4 is 39.5 Å². The third-order valence-corrected chi connectivity index (χ3v) is 21.3. The van der Waals surface area contributed by atoms with E-state index in [0.29, 0.717) is 31.6 Å². The zero-order chi connectivity index (χ0) is 74.6. The van der Waals surface area contributed by atoms with E-state index < -0.39 is 97.5 Å². The van der Waals surface area contributed by atoms with Gasteiger partial charge >= 0.3 is 39.5 Å². The average Bonchev–Trinajstić information content (AvgIpc) is 1.13. The van der Waals surface area contributed by atoms with Crippen molar-refractivity contribution in [3.05, 3.63) is 0 Å². The third kappa shape index (κ3) is 74.7. The first kappa shape index (κ1) is 99.1. The zero-order valence-corrected chi connectivity index (χ0v) is 68.3. The number of aliphatic hydroxyl groups excluding tert-OH is 1. The average molecular weight is 1480 g/mol. The second kappa shape index (κ2) is 71.0. The summed E-state index contributed by atoms with van der Waals surface area (Å²) in [4.78, 5) is 73.0. The van der Waals surface area contributed by atoms with E-state index in [-0.39, 0.29) is 25.7 Å². The van der Waals surface area contributed by atoms with Gasteiger partial charge in [-0.3, -0.25) is 37.3 Å². The molecule has 0 fully saturated rings. The summed E-state index contributed by atoms with van der Waals surface area (Å²) in [5, 5.41) is 10.6. The van der Waals surface area contributed by atoms with Crippen LogP contribution in [0.4, 0.5) is 0 Å². The number of carbonyl (C=O) groups excluding carboxylic acids is 4. The molecular weight excluding hydrogens is 1320 g/mol. The second-order valence-corrected chi connectivity index (χ2v) is 34.1. The Morgan fingerprint density at radius 3 is 0.703 bits per heavy atom. The Bertz CT molecular complexity index is 1970. The number of esters is 4. The van der Waals surface area contributed by atoms with Gasteiger partial charge in [-0.2, -0.15) is 0 Å². The summed E-state index contributed by atoms with van der Waals surface area (Å²) >= 11 is 0. The van der Waals surface area contributed by atoms with Crippen LogP contribution in [0, 0.1) is 23.7 Å². The Morgan fingerprint density at radius 2 is 0.475 bits per heavy atom. The molecular formula is C82H160O17P2. The van der Waals surface area contributed by atoms with Gasteiger partial charge in [-0.1, -0.05) is 370 Å². The molecule has 0 heterocycles. The molecule has 101 heavy (non-hydrogen) atoms. The molecule has 0 bridgehead atoms. The number of rotatable bonds is 79. The normalized spacial score (nSPS) is 14.3.